The quantitative estimate of drug-likeness (QED) is 0.275. The minimum Gasteiger partial charge on any atom is -0.364 e. The summed E-state index contributed by atoms with van der Waals surface area (Å²) in [5.74, 6) is 0. The Kier molecular flexibility index (Phi) is 7.03. The summed E-state index contributed by atoms with van der Waals surface area (Å²) in [6.07, 6.45) is 11.3. The highest BCUT2D eigenvalue weighted by molar-refractivity contribution is 7.89. The molecule has 1 aliphatic rings. The number of anilines is 1. The van der Waals surface area contributed by atoms with Gasteiger partial charge in [0.25, 0.3) is 10.0 Å². The molecule has 0 N–H and O–H groups in total. The Morgan fingerprint density at radius 1 is 0.975 bits per heavy atom. The third-order valence-electron chi connectivity index (χ3n) is 7.59. The molecule has 40 heavy (non-hydrogen) atoms. The predicted molar refractivity (Wildman–Crippen MR) is 155 cm³/mol. The van der Waals surface area contributed by atoms with Crippen LogP contribution >= 0.6 is 0 Å². The first-order chi connectivity index (χ1) is 19.4. The lowest BCUT2D eigenvalue weighted by molar-refractivity contribution is 0.297. The molecule has 4 heterocycles. The van der Waals surface area contributed by atoms with Crippen LogP contribution in [0.3, 0.4) is 0 Å². The van der Waals surface area contributed by atoms with E-state index in [0.29, 0.717) is 32.6 Å². The van der Waals surface area contributed by atoms with E-state index in [1.165, 1.54) is 6.33 Å². The maximum atomic E-state index is 14.1. The minimum absolute atomic E-state index is 0.0736. The van der Waals surface area contributed by atoms with E-state index in [9.17, 15) is 8.42 Å². The maximum Gasteiger partial charge on any atom is 0.262 e. The minimum atomic E-state index is -3.85. The van der Waals surface area contributed by atoms with Crippen molar-refractivity contribution in [1.82, 2.24) is 28.0 Å². The number of aromatic nitrogens is 5. The molecule has 0 bridgehead atoms. The number of benzene rings is 2. The van der Waals surface area contributed by atoms with E-state index < -0.39 is 10.0 Å². The zero-order valence-electron chi connectivity index (χ0n) is 22.7. The lowest BCUT2D eigenvalue weighted by Gasteiger charge is -2.40. The SMILES string of the molecule is Cn1cnc(S(=O)(=O)N(CCn2cccc2)C2Cc3cc(-c4ccccc4)ccc3N(Cc3cncn3C)C2)c1. The Labute approximate surface area is 235 Å². The molecular weight excluding hydrogens is 522 g/mol. The Morgan fingerprint density at radius 2 is 1.77 bits per heavy atom. The van der Waals surface area contributed by atoms with Crippen LogP contribution in [0.4, 0.5) is 5.69 Å². The topological polar surface area (TPSA) is 81.2 Å². The number of nitrogens with zero attached hydrogens (tertiary/aromatic N) is 7. The van der Waals surface area contributed by atoms with E-state index >= 15 is 0 Å². The van der Waals surface area contributed by atoms with Crippen molar-refractivity contribution < 1.29 is 8.42 Å². The lowest BCUT2D eigenvalue weighted by atomic mass is 9.93. The van der Waals surface area contributed by atoms with E-state index in [1.54, 1.807) is 28.4 Å². The average Bonchev–Trinajstić information content (AvgIpc) is 3.73. The molecule has 0 amide bonds. The van der Waals surface area contributed by atoms with E-state index in [2.05, 4.69) is 45.2 Å². The molecule has 10 heteroatoms. The zero-order chi connectivity index (χ0) is 27.7. The molecule has 3 aromatic heterocycles. The molecule has 1 unspecified atom stereocenters. The van der Waals surface area contributed by atoms with Crippen LogP contribution in [0.2, 0.25) is 0 Å². The molecule has 0 spiro atoms. The van der Waals surface area contributed by atoms with Crippen molar-refractivity contribution in [3.8, 4) is 11.1 Å². The summed E-state index contributed by atoms with van der Waals surface area (Å²) >= 11 is 0. The number of sulfonamides is 1. The van der Waals surface area contributed by atoms with Crippen LogP contribution < -0.4 is 4.90 Å². The molecule has 0 saturated carbocycles. The van der Waals surface area contributed by atoms with Gasteiger partial charge in [0.1, 0.15) is 0 Å². The highest BCUT2D eigenvalue weighted by Crippen LogP contribution is 2.35. The van der Waals surface area contributed by atoms with Crippen molar-refractivity contribution in [3.05, 3.63) is 109 Å². The van der Waals surface area contributed by atoms with Gasteiger partial charge in [0, 0.05) is 70.2 Å². The largest absolute Gasteiger partial charge is 0.364 e. The van der Waals surface area contributed by atoms with Crippen LogP contribution in [0, 0.1) is 0 Å². The second kappa shape index (κ2) is 10.8. The van der Waals surface area contributed by atoms with Crippen LogP contribution in [-0.2, 0) is 43.6 Å². The molecule has 1 aliphatic heterocycles. The van der Waals surface area contributed by atoms with Crippen molar-refractivity contribution in [2.75, 3.05) is 18.0 Å². The summed E-state index contributed by atoms with van der Waals surface area (Å²) < 4.78 is 35.5. The Morgan fingerprint density at radius 3 is 2.48 bits per heavy atom. The van der Waals surface area contributed by atoms with Crippen molar-refractivity contribution in [3.63, 3.8) is 0 Å². The van der Waals surface area contributed by atoms with Crippen molar-refractivity contribution in [1.29, 1.82) is 0 Å². The van der Waals surface area contributed by atoms with Crippen LogP contribution in [0.15, 0.2) is 103 Å². The standard InChI is InChI=1S/C30H33N7O2S/c1-33-21-30(32-23-33)40(38,39)37(15-14-35-12-6-7-13-35)27-17-26-16-25(24-8-4-3-5-9-24)10-11-29(26)36(19-27)20-28-18-31-22-34(28)2/h3-13,16,18,21-23,27H,14-15,17,19-20H2,1-2H3. The van der Waals surface area contributed by atoms with E-state index in [1.807, 2.05) is 65.1 Å². The summed E-state index contributed by atoms with van der Waals surface area (Å²) in [5, 5.41) is 0.0736. The molecule has 5 aromatic rings. The Hall–Kier alpha value is -4.15. The van der Waals surface area contributed by atoms with Gasteiger partial charge in [-0.15, -0.1) is 0 Å². The number of imidazole rings is 2. The van der Waals surface area contributed by atoms with Gasteiger partial charge in [0.15, 0.2) is 5.03 Å². The number of fused-ring (bicyclic) bond motifs is 1. The fraction of sp³-hybridized carbons (Fsp3) is 0.267. The second-order valence-corrected chi connectivity index (χ2v) is 12.2. The highest BCUT2D eigenvalue weighted by Gasteiger charge is 2.37. The Balaban J connectivity index is 1.40. The van der Waals surface area contributed by atoms with E-state index in [4.69, 9.17) is 0 Å². The molecule has 0 fully saturated rings. The molecule has 206 valence electrons. The number of aryl methyl sites for hydroxylation is 2. The first-order valence-electron chi connectivity index (χ1n) is 13.4. The van der Waals surface area contributed by atoms with Crippen LogP contribution in [0.1, 0.15) is 11.3 Å². The van der Waals surface area contributed by atoms with Gasteiger partial charge < -0.3 is 18.6 Å². The van der Waals surface area contributed by atoms with Crippen molar-refractivity contribution >= 4 is 15.7 Å². The fourth-order valence-electron chi connectivity index (χ4n) is 5.49. The maximum absolute atomic E-state index is 14.1. The second-order valence-electron chi connectivity index (χ2n) is 10.4. The normalized spacial score (nSPS) is 15.5. The fourth-order valence-corrected chi connectivity index (χ4v) is 7.06. The van der Waals surface area contributed by atoms with Gasteiger partial charge >= 0.3 is 0 Å². The van der Waals surface area contributed by atoms with Crippen LogP contribution in [-0.4, -0.2) is 55.5 Å². The molecule has 2 aromatic carbocycles. The summed E-state index contributed by atoms with van der Waals surface area (Å²) in [6, 6.07) is 20.4. The van der Waals surface area contributed by atoms with Gasteiger partial charge in [-0.2, -0.15) is 4.31 Å². The summed E-state index contributed by atoms with van der Waals surface area (Å²) in [7, 11) is -0.0780. The van der Waals surface area contributed by atoms with Gasteiger partial charge in [0.2, 0.25) is 0 Å². The van der Waals surface area contributed by atoms with Crippen LogP contribution in [0.25, 0.3) is 11.1 Å². The van der Waals surface area contributed by atoms with Gasteiger partial charge in [-0.3, -0.25) is 0 Å². The smallest absolute Gasteiger partial charge is 0.262 e. The first kappa shape index (κ1) is 26.1. The van der Waals surface area contributed by atoms with Gasteiger partial charge in [0.05, 0.1) is 24.9 Å². The predicted octanol–water partition coefficient (Wildman–Crippen LogP) is 3.94. The number of rotatable bonds is 9. The van der Waals surface area contributed by atoms with E-state index in [-0.39, 0.29) is 11.1 Å². The summed E-state index contributed by atoms with van der Waals surface area (Å²) in [6.45, 7) is 2.07. The number of hydrogen-bond acceptors (Lipinski definition) is 5. The summed E-state index contributed by atoms with van der Waals surface area (Å²) in [5.41, 5.74) is 5.56. The molecule has 1 atom stereocenters. The number of hydrogen-bond donors (Lipinski definition) is 0. The highest BCUT2D eigenvalue weighted by atomic mass is 32.2. The molecular formula is C30H33N7O2S. The first-order valence-corrected chi connectivity index (χ1v) is 14.8. The van der Waals surface area contributed by atoms with Crippen molar-refractivity contribution in [2.45, 2.75) is 30.6 Å². The Bertz CT molecular complexity index is 1690. The summed E-state index contributed by atoms with van der Waals surface area (Å²) in [4.78, 5) is 10.8. The molecule has 0 saturated heterocycles. The molecule has 6 rings (SSSR count). The zero-order valence-corrected chi connectivity index (χ0v) is 23.5. The van der Waals surface area contributed by atoms with Gasteiger partial charge in [-0.05, 0) is 47.4 Å². The molecule has 0 radical (unpaired) electrons. The third-order valence-corrected chi connectivity index (χ3v) is 9.43. The third kappa shape index (κ3) is 5.20. The molecule has 0 aliphatic carbocycles. The van der Waals surface area contributed by atoms with E-state index in [0.717, 1.165) is 28.1 Å². The molecule has 9 nitrogen and oxygen atoms in total. The van der Waals surface area contributed by atoms with Crippen molar-refractivity contribution in [2.24, 2.45) is 14.1 Å². The monoisotopic (exact) mass is 555 g/mol. The van der Waals surface area contributed by atoms with Gasteiger partial charge in [-0.25, -0.2) is 18.4 Å². The average molecular weight is 556 g/mol. The lowest BCUT2D eigenvalue weighted by Crippen LogP contribution is -2.51. The van der Waals surface area contributed by atoms with Gasteiger partial charge in [-0.1, -0.05) is 36.4 Å². The van der Waals surface area contributed by atoms with Crippen LogP contribution in [0.5, 0.6) is 0 Å².